The summed E-state index contributed by atoms with van der Waals surface area (Å²) in [6.07, 6.45) is 6.95. The lowest BCUT2D eigenvalue weighted by atomic mass is 10.1. The fraction of sp³-hybridized carbons (Fsp3) is 0.474. The maximum Gasteiger partial charge on any atom is 0.272 e. The first-order valence-electron chi connectivity index (χ1n) is 8.39. The average Bonchev–Trinajstić information content (AvgIpc) is 2.80. The third-order valence-corrected chi connectivity index (χ3v) is 4.26. The maximum atomic E-state index is 12.8. The van der Waals surface area contributed by atoms with Crippen molar-refractivity contribution in [1.82, 2.24) is 10.4 Å². The first-order chi connectivity index (χ1) is 11.3. The van der Waals surface area contributed by atoms with Crippen molar-refractivity contribution in [2.75, 3.05) is 0 Å². The minimum absolute atomic E-state index is 0.186. The zero-order chi connectivity index (χ0) is 17.7. The van der Waals surface area contributed by atoms with Crippen molar-refractivity contribution in [2.45, 2.75) is 58.4 Å². The summed E-state index contributed by atoms with van der Waals surface area (Å²) in [4.78, 5) is 25.4. The number of rotatable bonds is 2. The second kappa shape index (κ2) is 7.84. The van der Waals surface area contributed by atoms with Gasteiger partial charge >= 0.3 is 0 Å². The molecule has 0 saturated carbocycles. The number of hydrazine groups is 1. The van der Waals surface area contributed by atoms with E-state index in [4.69, 9.17) is 11.6 Å². The number of carbonyl (C=O) groups is 2. The van der Waals surface area contributed by atoms with E-state index >= 15 is 0 Å². The molecular formula is C19H25ClN2O2. The molecule has 0 aromatic heterocycles. The average molecular weight is 349 g/mol. The molecule has 2 rings (SSSR count). The van der Waals surface area contributed by atoms with Crippen LogP contribution in [-0.2, 0) is 4.79 Å². The third kappa shape index (κ3) is 4.84. The summed E-state index contributed by atoms with van der Waals surface area (Å²) in [6, 6.07) is 6.68. The van der Waals surface area contributed by atoms with E-state index in [0.29, 0.717) is 10.6 Å². The van der Waals surface area contributed by atoms with Crippen molar-refractivity contribution in [3.8, 4) is 0 Å². The smallest absolute Gasteiger partial charge is 0.268 e. The highest BCUT2D eigenvalue weighted by Crippen LogP contribution is 2.20. The van der Waals surface area contributed by atoms with E-state index in [-0.39, 0.29) is 11.8 Å². The Labute approximate surface area is 148 Å². The van der Waals surface area contributed by atoms with Crippen LogP contribution in [0.15, 0.2) is 35.9 Å². The summed E-state index contributed by atoms with van der Waals surface area (Å²) in [5.74, 6) is -0.434. The first kappa shape index (κ1) is 18.5. The molecule has 0 aliphatic heterocycles. The predicted molar refractivity (Wildman–Crippen MR) is 96.7 cm³/mol. The van der Waals surface area contributed by atoms with E-state index in [2.05, 4.69) is 5.43 Å². The third-order valence-electron chi connectivity index (χ3n) is 4.01. The van der Waals surface area contributed by atoms with Gasteiger partial charge in [0.25, 0.3) is 11.8 Å². The Bertz CT molecular complexity index is 630. The van der Waals surface area contributed by atoms with Gasteiger partial charge in [0.15, 0.2) is 0 Å². The van der Waals surface area contributed by atoms with Crippen LogP contribution < -0.4 is 5.43 Å². The molecule has 0 saturated heterocycles. The quantitative estimate of drug-likeness (QED) is 0.800. The Hall–Kier alpha value is -1.81. The number of hydrogen-bond acceptors (Lipinski definition) is 2. The molecule has 0 spiro atoms. The minimum Gasteiger partial charge on any atom is -0.268 e. The van der Waals surface area contributed by atoms with E-state index in [1.54, 1.807) is 24.3 Å². The number of allylic oxidation sites excluding steroid dienone is 1. The molecule has 1 N–H and O–H groups in total. The molecule has 1 aromatic carbocycles. The van der Waals surface area contributed by atoms with E-state index in [9.17, 15) is 9.59 Å². The molecule has 5 heteroatoms. The molecule has 1 aromatic rings. The number of hydrogen-bond donors (Lipinski definition) is 1. The lowest BCUT2D eigenvalue weighted by Gasteiger charge is -2.35. The van der Waals surface area contributed by atoms with Crippen molar-refractivity contribution >= 4 is 23.4 Å². The van der Waals surface area contributed by atoms with Gasteiger partial charge in [0.05, 0.1) is 5.54 Å². The standard InChI is InChI=1S/C19H25ClN2O2/c1-19(2,3)22(18(24)15-10-12-16(20)13-11-15)21-17(23)14-8-6-4-5-7-9-14/h8,10-13H,4-7,9H2,1-3H3,(H,21,23). The highest BCUT2D eigenvalue weighted by atomic mass is 35.5. The van der Waals surface area contributed by atoms with Crippen molar-refractivity contribution < 1.29 is 9.59 Å². The Morgan fingerprint density at radius 3 is 2.38 bits per heavy atom. The summed E-state index contributed by atoms with van der Waals surface area (Å²) in [5, 5.41) is 1.98. The molecule has 2 amide bonds. The number of amides is 2. The molecule has 1 aliphatic carbocycles. The zero-order valence-electron chi connectivity index (χ0n) is 14.6. The van der Waals surface area contributed by atoms with E-state index in [0.717, 1.165) is 37.7 Å². The predicted octanol–water partition coefficient (Wildman–Crippen LogP) is 4.50. The second-order valence-corrected chi connectivity index (χ2v) is 7.52. The Morgan fingerprint density at radius 2 is 1.75 bits per heavy atom. The zero-order valence-corrected chi connectivity index (χ0v) is 15.3. The van der Waals surface area contributed by atoms with Crippen LogP contribution in [-0.4, -0.2) is 22.4 Å². The molecule has 0 atom stereocenters. The van der Waals surface area contributed by atoms with E-state index in [1.165, 1.54) is 5.01 Å². The van der Waals surface area contributed by atoms with Crippen LogP contribution in [0.4, 0.5) is 0 Å². The van der Waals surface area contributed by atoms with Gasteiger partial charge in [-0.1, -0.05) is 24.1 Å². The fourth-order valence-electron chi connectivity index (χ4n) is 2.64. The SMILES string of the molecule is CC(C)(C)N(NC(=O)C1=CCCCCC1)C(=O)c1ccc(Cl)cc1. The van der Waals surface area contributed by atoms with Gasteiger partial charge in [0.2, 0.25) is 0 Å². The van der Waals surface area contributed by atoms with Gasteiger partial charge < -0.3 is 0 Å². The van der Waals surface area contributed by atoms with Crippen molar-refractivity contribution in [3.05, 3.63) is 46.5 Å². The lowest BCUT2D eigenvalue weighted by Crippen LogP contribution is -2.56. The van der Waals surface area contributed by atoms with E-state index < -0.39 is 5.54 Å². The molecule has 0 bridgehead atoms. The van der Waals surface area contributed by atoms with Crippen molar-refractivity contribution in [3.63, 3.8) is 0 Å². The molecule has 0 radical (unpaired) electrons. The fourth-order valence-corrected chi connectivity index (χ4v) is 2.77. The van der Waals surface area contributed by atoms with Crippen LogP contribution in [0.3, 0.4) is 0 Å². The summed E-state index contributed by atoms with van der Waals surface area (Å²) in [7, 11) is 0. The normalized spacial score (nSPS) is 15.2. The van der Waals surface area contributed by atoms with E-state index in [1.807, 2.05) is 26.8 Å². The summed E-state index contributed by atoms with van der Waals surface area (Å²) in [5.41, 5.74) is 3.53. The van der Waals surface area contributed by atoms with Gasteiger partial charge in [-0.3, -0.25) is 15.0 Å². The van der Waals surface area contributed by atoms with Gasteiger partial charge in [-0.15, -0.1) is 0 Å². The van der Waals surface area contributed by atoms with Crippen LogP contribution in [0.1, 0.15) is 63.2 Å². The monoisotopic (exact) mass is 348 g/mol. The number of nitrogens with zero attached hydrogens (tertiary/aromatic N) is 1. The summed E-state index contributed by atoms with van der Waals surface area (Å²) < 4.78 is 0. The van der Waals surface area contributed by atoms with Gasteiger partial charge in [0.1, 0.15) is 0 Å². The molecule has 24 heavy (non-hydrogen) atoms. The number of carbonyl (C=O) groups excluding carboxylic acids is 2. The maximum absolute atomic E-state index is 12.8. The summed E-state index contributed by atoms with van der Waals surface area (Å²) in [6.45, 7) is 5.67. The summed E-state index contributed by atoms with van der Waals surface area (Å²) >= 11 is 5.89. The molecule has 4 nitrogen and oxygen atoms in total. The Morgan fingerprint density at radius 1 is 1.08 bits per heavy atom. The molecule has 130 valence electrons. The first-order valence-corrected chi connectivity index (χ1v) is 8.77. The van der Waals surface area contributed by atoms with Gasteiger partial charge in [-0.2, -0.15) is 0 Å². The highest BCUT2D eigenvalue weighted by Gasteiger charge is 2.30. The molecule has 1 aliphatic rings. The molecule has 0 heterocycles. The highest BCUT2D eigenvalue weighted by molar-refractivity contribution is 6.30. The van der Waals surface area contributed by atoms with Crippen LogP contribution in [0.25, 0.3) is 0 Å². The Balaban J connectivity index is 2.19. The Kier molecular flexibility index (Phi) is 6.05. The molecule has 0 fully saturated rings. The van der Waals surface area contributed by atoms with Crippen molar-refractivity contribution in [2.24, 2.45) is 0 Å². The van der Waals surface area contributed by atoms with Crippen LogP contribution in [0.2, 0.25) is 5.02 Å². The van der Waals surface area contributed by atoms with Gasteiger partial charge in [-0.25, -0.2) is 5.01 Å². The van der Waals surface area contributed by atoms with Crippen LogP contribution in [0, 0.1) is 0 Å². The van der Waals surface area contributed by atoms with Crippen molar-refractivity contribution in [1.29, 1.82) is 0 Å². The minimum atomic E-state index is -0.544. The molecule has 0 unspecified atom stereocenters. The van der Waals surface area contributed by atoms with Gasteiger partial charge in [-0.05, 0) is 70.7 Å². The number of halogens is 1. The largest absolute Gasteiger partial charge is 0.272 e. The van der Waals surface area contributed by atoms with Gasteiger partial charge in [0, 0.05) is 16.2 Å². The number of nitrogens with one attached hydrogen (secondary N) is 1. The topological polar surface area (TPSA) is 49.4 Å². The number of benzene rings is 1. The molecular weight excluding hydrogens is 324 g/mol. The second-order valence-electron chi connectivity index (χ2n) is 7.09. The lowest BCUT2D eigenvalue weighted by molar-refractivity contribution is -0.123. The van der Waals surface area contributed by atoms with Crippen LogP contribution >= 0.6 is 11.6 Å². The van der Waals surface area contributed by atoms with Crippen LogP contribution in [0.5, 0.6) is 0 Å².